The Morgan fingerprint density at radius 3 is 1.21 bits per heavy atom. The topological polar surface area (TPSA) is 200 Å². The van der Waals surface area contributed by atoms with Gasteiger partial charge in [-0.25, -0.2) is 14.4 Å². The number of ether oxygens (including phenoxy) is 3. The third-order valence-electron chi connectivity index (χ3n) is 19.3. The quantitative estimate of drug-likeness (QED) is 0.0560. The van der Waals surface area contributed by atoms with Crippen molar-refractivity contribution in [3.8, 4) is 45.6 Å². The molecule has 1 heterocycles. The fourth-order valence-corrected chi connectivity index (χ4v) is 14.3. The fraction of sp³-hybridized carbons (Fsp3) is 0.292. The van der Waals surface area contributed by atoms with Gasteiger partial charge in [-0.05, 0) is 191 Å². The Morgan fingerprint density at radius 2 is 0.788 bits per heavy atom. The first kappa shape index (κ1) is 96.4. The lowest BCUT2D eigenvalue weighted by molar-refractivity contribution is -0.163. The minimum Gasteiger partial charge on any atom is -0.508 e. The maximum Gasteiger partial charge on any atom is 0.344 e. The summed E-state index contributed by atoms with van der Waals surface area (Å²) in [6, 6.07) is 88.9. The Kier molecular flexibility index (Phi) is 40.1. The van der Waals surface area contributed by atoms with Crippen LogP contribution in [-0.2, 0) is 30.0 Å². The number of phenols is 6. The lowest BCUT2D eigenvalue weighted by Crippen LogP contribution is -2.33. The van der Waals surface area contributed by atoms with Crippen molar-refractivity contribution in [1.82, 2.24) is 0 Å². The fourth-order valence-electron chi connectivity index (χ4n) is 14.3. The molecule has 3 aliphatic rings. The number of aryl methyl sites for hydroxylation is 1. The van der Waals surface area contributed by atoms with Crippen LogP contribution in [0.3, 0.4) is 0 Å². The van der Waals surface area contributed by atoms with E-state index < -0.39 is 28.9 Å². The molecular weight excluding hydrogens is 1470 g/mol. The van der Waals surface area contributed by atoms with E-state index in [9.17, 15) is 39.9 Å². The second kappa shape index (κ2) is 49.0. The Balaban J connectivity index is 0.000000263. The number of aromatic hydroxyl groups is 6. The Labute approximate surface area is 702 Å². The number of carbonyl (C=O) groups is 3. The highest BCUT2D eigenvalue weighted by atomic mass is 16.6. The summed E-state index contributed by atoms with van der Waals surface area (Å²) < 4.78 is 16.9. The van der Waals surface area contributed by atoms with E-state index in [1.165, 1.54) is 41.5 Å². The summed E-state index contributed by atoms with van der Waals surface area (Å²) in [4.78, 5) is 37.0. The zero-order chi connectivity index (χ0) is 87.0. The van der Waals surface area contributed by atoms with Crippen molar-refractivity contribution in [2.45, 2.75) is 199 Å². The number of esters is 3. The highest BCUT2D eigenvalue weighted by Crippen LogP contribution is 2.57. The molecule has 13 aromatic carbocycles. The molecule has 0 unspecified atom stereocenters. The highest BCUT2D eigenvalue weighted by Gasteiger charge is 2.51. The maximum atomic E-state index is 13.1. The van der Waals surface area contributed by atoms with Crippen LogP contribution in [0.1, 0.15) is 246 Å². The van der Waals surface area contributed by atoms with Gasteiger partial charge in [-0.3, -0.25) is 0 Å². The van der Waals surface area contributed by atoms with Gasteiger partial charge in [-0.2, -0.15) is 0 Å². The molecule has 12 heteroatoms. The molecule has 1 fully saturated rings. The Morgan fingerprint density at radius 1 is 0.398 bits per heavy atom. The van der Waals surface area contributed by atoms with Crippen molar-refractivity contribution in [1.29, 1.82) is 0 Å². The first-order valence-electron chi connectivity index (χ1n) is 42.1. The van der Waals surface area contributed by atoms with Crippen molar-refractivity contribution in [3.05, 3.63) is 346 Å². The second-order valence-electron chi connectivity index (χ2n) is 27.9. The van der Waals surface area contributed by atoms with Crippen molar-refractivity contribution in [2.24, 2.45) is 0 Å². The van der Waals surface area contributed by atoms with Gasteiger partial charge in [0, 0.05) is 32.8 Å². The van der Waals surface area contributed by atoms with Crippen molar-refractivity contribution < 1.29 is 59.2 Å². The van der Waals surface area contributed by atoms with Crippen molar-refractivity contribution >= 4 is 50.2 Å². The van der Waals surface area contributed by atoms with E-state index in [1.807, 2.05) is 233 Å². The van der Waals surface area contributed by atoms with Crippen LogP contribution in [0, 0.1) is 6.92 Å². The van der Waals surface area contributed by atoms with Crippen molar-refractivity contribution in [2.75, 3.05) is 6.61 Å². The average molecular weight is 1590 g/mol. The molecule has 6 N–H and O–H groups in total. The van der Waals surface area contributed by atoms with Crippen LogP contribution in [-0.4, -0.2) is 60.8 Å². The molecule has 0 amide bonds. The van der Waals surface area contributed by atoms with Gasteiger partial charge in [0.25, 0.3) is 0 Å². The number of carbonyl (C=O) groups excluding carboxylic acids is 3. The molecule has 0 radical (unpaired) electrons. The largest absolute Gasteiger partial charge is 0.508 e. The maximum absolute atomic E-state index is 13.1. The zero-order valence-corrected chi connectivity index (χ0v) is 72.7. The predicted molar refractivity (Wildman–Crippen MR) is 490 cm³/mol. The smallest absolute Gasteiger partial charge is 0.344 e. The Hall–Kier alpha value is -12.2. The Bertz CT molecular complexity index is 4980. The van der Waals surface area contributed by atoms with Gasteiger partial charge in [0.2, 0.25) is 0 Å². The summed E-state index contributed by atoms with van der Waals surface area (Å²) in [6.45, 7) is 36.6. The number of fused-ring (bicyclic) bond motifs is 7. The molecule has 0 bridgehead atoms. The number of cyclic esters (lactones) is 1. The molecule has 12 nitrogen and oxygen atoms in total. The molecule has 2 aliphatic carbocycles. The molecule has 16 rings (SSSR count). The highest BCUT2D eigenvalue weighted by molar-refractivity contribution is 6.02. The summed E-state index contributed by atoms with van der Waals surface area (Å²) >= 11 is 0. The minimum absolute atomic E-state index is 0.160. The van der Waals surface area contributed by atoms with E-state index in [1.54, 1.807) is 72.8 Å². The molecule has 0 atom stereocenters. The van der Waals surface area contributed by atoms with Crippen LogP contribution in [0.25, 0.3) is 43.4 Å². The second-order valence-corrected chi connectivity index (χ2v) is 27.9. The third-order valence-corrected chi connectivity index (χ3v) is 19.3. The number of hydrogen-bond donors (Lipinski definition) is 6. The van der Waals surface area contributed by atoms with Crippen LogP contribution in [0.15, 0.2) is 285 Å². The van der Waals surface area contributed by atoms with Gasteiger partial charge in [0.1, 0.15) is 40.1 Å². The SMILES string of the molecule is CC.CC.CC.CC.CCC.CCC.CCC.CCC1(OC(=O)COC(=O)c2ccc(C(C)C)cc2)CCCC1.Cc1cccc(O)c1.O=C1OC(c2ccc(O)c3ccccc23)(c2ccc(O)c3ccccc23)c2ccccc21.Oc1ccc(C2(c3ccc(O)cc3)c3ccccc3-c3ccccc32)cc1.Oc1cccc2ccccc12. The van der Waals surface area contributed by atoms with Crippen LogP contribution < -0.4 is 0 Å². The minimum atomic E-state index is -1.24. The van der Waals surface area contributed by atoms with Gasteiger partial charge in [0.05, 0.1) is 16.5 Å². The molecule has 0 spiro atoms. The lowest BCUT2D eigenvalue weighted by atomic mass is 9.68. The molecule has 1 aliphatic heterocycles. The van der Waals surface area contributed by atoms with E-state index >= 15 is 0 Å². The van der Waals surface area contributed by atoms with E-state index in [4.69, 9.17) is 19.3 Å². The first-order valence-corrected chi connectivity index (χ1v) is 42.1. The molecule has 622 valence electrons. The van der Waals surface area contributed by atoms with Crippen LogP contribution in [0.5, 0.6) is 34.5 Å². The number of phenolic OH excluding ortho intramolecular Hbond substituents is 6. The number of rotatable bonds is 10. The van der Waals surface area contributed by atoms with E-state index in [0.29, 0.717) is 39.3 Å². The zero-order valence-electron chi connectivity index (χ0n) is 72.7. The lowest BCUT2D eigenvalue weighted by Gasteiger charge is -2.33. The van der Waals surface area contributed by atoms with Gasteiger partial charge < -0.3 is 44.8 Å². The standard InChI is InChI=1S/C28H18O4.C25H18O2.C19H26O4.C10H8O.C7H8O.3C3H8.4C2H6/c29-25-15-13-23(17-7-1-3-9-19(17)25)28(22-12-6-5-11-21(22)27(31)32-28)24-14-16-26(30)20-10-4-2-8-18(20)24;26-19-13-9-17(10-14-19)25(18-11-15-20(27)16-12-18)23-7-3-1-5-21(23)22-6-2-4-8-24(22)25;1-4-19(11-5-6-12-19)23-17(20)13-22-18(21)16-9-7-15(8-10-16)14(2)3;11-10-7-3-5-8-4-1-2-6-9(8)10;1-6-3-2-4-7(8)5-6;3*1-3-2;4*1-2/h1-16,29-30H;1-16,26-27H;7-10,14H,4-6,11-13H2,1-3H3;1-7,11H;2-5,8H,1H3;3*3H2,1-2H3;4*1-2H3. The van der Waals surface area contributed by atoms with Crippen LogP contribution in [0.4, 0.5) is 0 Å². The molecule has 1 saturated carbocycles. The number of benzene rings is 13. The molecule has 0 saturated heterocycles. The first-order chi connectivity index (χ1) is 57.2. The summed E-state index contributed by atoms with van der Waals surface area (Å²) in [5.41, 5.74) is 10.4. The van der Waals surface area contributed by atoms with Gasteiger partial charge in [-0.1, -0.05) is 337 Å². The third kappa shape index (κ3) is 23.8. The molecule has 118 heavy (non-hydrogen) atoms. The number of hydrogen-bond acceptors (Lipinski definition) is 12. The average Bonchev–Trinajstić information content (AvgIpc) is 1.37. The summed E-state index contributed by atoms with van der Waals surface area (Å²) in [5, 5.41) is 63.8. The monoisotopic (exact) mass is 1590 g/mol. The summed E-state index contributed by atoms with van der Waals surface area (Å²) in [6.07, 6.45) is 8.54. The van der Waals surface area contributed by atoms with Crippen molar-refractivity contribution in [3.63, 3.8) is 0 Å². The van der Waals surface area contributed by atoms with Crippen LogP contribution in [0.2, 0.25) is 0 Å². The van der Waals surface area contributed by atoms with Gasteiger partial charge >= 0.3 is 17.9 Å². The van der Waals surface area contributed by atoms with E-state index in [2.05, 4.69) is 104 Å². The normalized spacial score (nSPS) is 12.5. The molecule has 0 aromatic heterocycles. The molecule has 13 aromatic rings. The molecular formula is C106H126O12. The predicted octanol–water partition coefficient (Wildman–Crippen LogP) is 28.2. The summed E-state index contributed by atoms with van der Waals surface area (Å²) in [7, 11) is 0. The van der Waals surface area contributed by atoms with E-state index in [-0.39, 0.29) is 35.2 Å². The van der Waals surface area contributed by atoms with Crippen LogP contribution >= 0.6 is 0 Å². The van der Waals surface area contributed by atoms with Gasteiger partial charge in [0.15, 0.2) is 12.2 Å². The van der Waals surface area contributed by atoms with Gasteiger partial charge in [-0.15, -0.1) is 0 Å². The summed E-state index contributed by atoms with van der Waals surface area (Å²) in [5.74, 6) is 0.559. The van der Waals surface area contributed by atoms with E-state index in [0.717, 1.165) is 92.6 Å².